The number of hydrogen-bond acceptors (Lipinski definition) is 4. The van der Waals surface area contributed by atoms with Gasteiger partial charge in [0, 0.05) is 49.5 Å². The lowest BCUT2D eigenvalue weighted by molar-refractivity contribution is 0.610. The standard InChI is InChI=1S/C22H30N6S.HI/c1-3-23-22(25-12-11-21-26-16-18(2)29-21)27-17-20-24-13-15-28(20)14-7-10-19-8-5-4-6-9-19;/h4-6,8-9,13,15-16H,3,7,10-12,14,17H2,1-2H3,(H2,23,25,27);1H. The van der Waals surface area contributed by atoms with Crippen molar-refractivity contribution in [2.24, 2.45) is 4.99 Å². The molecule has 0 aliphatic heterocycles. The number of halogens is 1. The van der Waals surface area contributed by atoms with E-state index in [9.17, 15) is 0 Å². The second kappa shape index (κ2) is 13.4. The molecule has 2 aromatic heterocycles. The molecule has 6 nitrogen and oxygen atoms in total. The fraction of sp³-hybridized carbons (Fsp3) is 0.409. The first kappa shape index (κ1) is 24.3. The number of thiazole rings is 1. The van der Waals surface area contributed by atoms with Crippen molar-refractivity contribution in [1.29, 1.82) is 0 Å². The molecule has 0 saturated carbocycles. The van der Waals surface area contributed by atoms with E-state index >= 15 is 0 Å². The van der Waals surface area contributed by atoms with Gasteiger partial charge in [-0.2, -0.15) is 0 Å². The number of rotatable bonds is 10. The van der Waals surface area contributed by atoms with E-state index in [1.54, 1.807) is 11.3 Å². The fourth-order valence-electron chi connectivity index (χ4n) is 3.09. The van der Waals surface area contributed by atoms with Crippen LogP contribution in [0.15, 0.2) is 53.9 Å². The molecule has 0 radical (unpaired) electrons. The largest absolute Gasteiger partial charge is 0.357 e. The van der Waals surface area contributed by atoms with Crippen molar-refractivity contribution < 1.29 is 0 Å². The molecule has 0 fully saturated rings. The molecule has 0 unspecified atom stereocenters. The number of guanidine groups is 1. The summed E-state index contributed by atoms with van der Waals surface area (Å²) in [6.45, 7) is 7.31. The molecule has 8 heteroatoms. The summed E-state index contributed by atoms with van der Waals surface area (Å²) in [6, 6.07) is 10.6. The average molecular weight is 539 g/mol. The van der Waals surface area contributed by atoms with Crippen molar-refractivity contribution >= 4 is 41.3 Å². The molecule has 162 valence electrons. The lowest BCUT2D eigenvalue weighted by Crippen LogP contribution is -2.38. The monoisotopic (exact) mass is 538 g/mol. The van der Waals surface area contributed by atoms with Crippen LogP contribution in [0.4, 0.5) is 0 Å². The molecule has 0 aliphatic carbocycles. The molecular weight excluding hydrogens is 507 g/mol. The van der Waals surface area contributed by atoms with Crippen LogP contribution in [0.5, 0.6) is 0 Å². The zero-order valence-corrected chi connectivity index (χ0v) is 20.8. The summed E-state index contributed by atoms with van der Waals surface area (Å²) in [4.78, 5) is 14.9. The molecule has 0 aliphatic rings. The van der Waals surface area contributed by atoms with Crippen molar-refractivity contribution in [2.45, 2.75) is 46.2 Å². The van der Waals surface area contributed by atoms with Gasteiger partial charge in [0.15, 0.2) is 5.96 Å². The minimum Gasteiger partial charge on any atom is -0.357 e. The smallest absolute Gasteiger partial charge is 0.191 e. The van der Waals surface area contributed by atoms with Gasteiger partial charge in [-0.1, -0.05) is 30.3 Å². The summed E-state index contributed by atoms with van der Waals surface area (Å²) in [7, 11) is 0. The minimum atomic E-state index is 0. The lowest BCUT2D eigenvalue weighted by atomic mass is 10.1. The quantitative estimate of drug-likeness (QED) is 0.231. The highest BCUT2D eigenvalue weighted by molar-refractivity contribution is 14.0. The normalized spacial score (nSPS) is 11.2. The van der Waals surface area contributed by atoms with Gasteiger partial charge in [0.25, 0.3) is 0 Å². The van der Waals surface area contributed by atoms with Gasteiger partial charge in [0.2, 0.25) is 0 Å². The van der Waals surface area contributed by atoms with Crippen LogP contribution in [-0.2, 0) is 25.9 Å². The topological polar surface area (TPSA) is 67.1 Å². The summed E-state index contributed by atoms with van der Waals surface area (Å²) in [5.74, 6) is 1.81. The van der Waals surface area contributed by atoms with Crippen molar-refractivity contribution in [3.8, 4) is 0 Å². The number of aryl methyl sites for hydroxylation is 3. The Bertz CT molecular complexity index is 890. The van der Waals surface area contributed by atoms with Crippen LogP contribution in [-0.4, -0.2) is 33.6 Å². The van der Waals surface area contributed by atoms with Crippen molar-refractivity contribution in [2.75, 3.05) is 13.1 Å². The third-order valence-electron chi connectivity index (χ3n) is 4.53. The Balaban J connectivity index is 0.00000320. The van der Waals surface area contributed by atoms with E-state index in [-0.39, 0.29) is 24.0 Å². The van der Waals surface area contributed by atoms with Gasteiger partial charge < -0.3 is 15.2 Å². The van der Waals surface area contributed by atoms with Crippen LogP contribution < -0.4 is 10.6 Å². The molecular formula is C22H31IN6S. The predicted molar refractivity (Wildman–Crippen MR) is 136 cm³/mol. The molecule has 2 heterocycles. The van der Waals surface area contributed by atoms with Crippen LogP contribution in [0, 0.1) is 6.92 Å². The van der Waals surface area contributed by atoms with Gasteiger partial charge in [-0.15, -0.1) is 35.3 Å². The highest BCUT2D eigenvalue weighted by Crippen LogP contribution is 2.11. The van der Waals surface area contributed by atoms with Crippen LogP contribution in [0.3, 0.4) is 0 Å². The van der Waals surface area contributed by atoms with E-state index in [1.807, 2.05) is 18.6 Å². The summed E-state index contributed by atoms with van der Waals surface area (Å²) in [6.07, 6.45) is 8.89. The first-order valence-corrected chi connectivity index (χ1v) is 11.0. The lowest BCUT2D eigenvalue weighted by Gasteiger charge is -2.11. The zero-order chi connectivity index (χ0) is 20.3. The summed E-state index contributed by atoms with van der Waals surface area (Å²) in [5, 5.41) is 7.85. The molecule has 0 saturated heterocycles. The second-order valence-corrected chi connectivity index (χ2v) is 8.18. The Kier molecular flexibility index (Phi) is 10.9. The summed E-state index contributed by atoms with van der Waals surface area (Å²) in [5.41, 5.74) is 1.38. The molecule has 3 aromatic rings. The minimum absolute atomic E-state index is 0. The van der Waals surface area contributed by atoms with Gasteiger partial charge >= 0.3 is 0 Å². The Morgan fingerprint density at radius 2 is 1.97 bits per heavy atom. The first-order valence-electron chi connectivity index (χ1n) is 10.2. The van der Waals surface area contributed by atoms with Gasteiger partial charge in [-0.25, -0.2) is 15.0 Å². The predicted octanol–water partition coefficient (Wildman–Crippen LogP) is 4.20. The molecule has 0 spiro atoms. The number of hydrogen-bond donors (Lipinski definition) is 2. The molecule has 0 bridgehead atoms. The molecule has 0 amide bonds. The number of aliphatic imine (C=N–C) groups is 1. The third kappa shape index (κ3) is 8.06. The summed E-state index contributed by atoms with van der Waals surface area (Å²) >= 11 is 1.75. The zero-order valence-electron chi connectivity index (χ0n) is 17.7. The van der Waals surface area contributed by atoms with Crippen LogP contribution >= 0.6 is 35.3 Å². The van der Waals surface area contributed by atoms with E-state index in [2.05, 4.69) is 69.3 Å². The fourth-order valence-corrected chi connectivity index (χ4v) is 3.88. The number of benzene rings is 1. The number of nitrogens with zero attached hydrogens (tertiary/aromatic N) is 4. The highest BCUT2D eigenvalue weighted by Gasteiger charge is 2.05. The van der Waals surface area contributed by atoms with Crippen molar-refractivity contribution in [3.05, 3.63) is 70.2 Å². The van der Waals surface area contributed by atoms with E-state index in [4.69, 9.17) is 4.99 Å². The maximum absolute atomic E-state index is 4.71. The average Bonchev–Trinajstić information content (AvgIpc) is 3.35. The first-order chi connectivity index (χ1) is 14.2. The SMILES string of the molecule is CCNC(=NCc1nccn1CCCc1ccccc1)NCCc1ncc(C)s1.I. The maximum Gasteiger partial charge on any atom is 0.191 e. The van der Waals surface area contributed by atoms with Crippen LogP contribution in [0.25, 0.3) is 0 Å². The number of aromatic nitrogens is 3. The number of nitrogens with one attached hydrogen (secondary N) is 2. The number of imidazole rings is 1. The van der Waals surface area contributed by atoms with E-state index in [1.165, 1.54) is 10.4 Å². The molecule has 1 aromatic carbocycles. The Labute approximate surface area is 200 Å². The Morgan fingerprint density at radius 1 is 1.13 bits per heavy atom. The van der Waals surface area contributed by atoms with Crippen LogP contribution in [0.2, 0.25) is 0 Å². The highest BCUT2D eigenvalue weighted by atomic mass is 127. The van der Waals surface area contributed by atoms with Crippen molar-refractivity contribution in [3.63, 3.8) is 0 Å². The maximum atomic E-state index is 4.71. The Morgan fingerprint density at radius 3 is 2.70 bits per heavy atom. The van der Waals surface area contributed by atoms with E-state index in [0.717, 1.165) is 55.7 Å². The Hall–Kier alpha value is -1.94. The van der Waals surface area contributed by atoms with Crippen molar-refractivity contribution in [1.82, 2.24) is 25.2 Å². The van der Waals surface area contributed by atoms with Gasteiger partial charge in [0.05, 0.1) is 5.01 Å². The van der Waals surface area contributed by atoms with Gasteiger partial charge in [0.1, 0.15) is 12.4 Å². The summed E-state index contributed by atoms with van der Waals surface area (Å²) < 4.78 is 2.20. The molecule has 0 atom stereocenters. The van der Waals surface area contributed by atoms with E-state index < -0.39 is 0 Å². The molecule has 3 rings (SSSR count). The third-order valence-corrected chi connectivity index (χ3v) is 5.50. The second-order valence-electron chi connectivity index (χ2n) is 6.86. The van der Waals surface area contributed by atoms with E-state index in [0.29, 0.717) is 6.54 Å². The molecule has 30 heavy (non-hydrogen) atoms. The van der Waals surface area contributed by atoms with Gasteiger partial charge in [-0.05, 0) is 32.3 Å². The van der Waals surface area contributed by atoms with Crippen LogP contribution in [0.1, 0.15) is 34.6 Å². The van der Waals surface area contributed by atoms with Gasteiger partial charge in [-0.3, -0.25) is 0 Å². The molecule has 2 N–H and O–H groups in total.